The van der Waals surface area contributed by atoms with Crippen LogP contribution < -0.4 is 11.0 Å². The lowest BCUT2D eigenvalue weighted by molar-refractivity contribution is 0.0361. The van der Waals surface area contributed by atoms with Gasteiger partial charge in [-0.25, -0.2) is 10.2 Å². The number of nitrogens with zero attached hydrogens (tertiary/aromatic N) is 2. The van der Waals surface area contributed by atoms with Gasteiger partial charge in [0.25, 0.3) is 11.5 Å². The van der Waals surface area contributed by atoms with Crippen molar-refractivity contribution in [3.63, 3.8) is 0 Å². The summed E-state index contributed by atoms with van der Waals surface area (Å²) in [5.74, 6) is -0.537. The average Bonchev–Trinajstić information content (AvgIpc) is 2.24. The molecule has 0 saturated carbocycles. The molecule has 1 aromatic rings. The van der Waals surface area contributed by atoms with Gasteiger partial charge in [0.1, 0.15) is 5.56 Å². The van der Waals surface area contributed by atoms with Gasteiger partial charge in [0, 0.05) is 7.05 Å². The smallest absolute Gasteiger partial charge is 0.274 e. The lowest BCUT2D eigenvalue weighted by Gasteiger charge is -2.09. The number of carbonyl (C=O) groups is 1. The summed E-state index contributed by atoms with van der Waals surface area (Å²) in [6.07, 6.45) is 0. The Morgan fingerprint density at radius 3 is 2.69 bits per heavy atom. The van der Waals surface area contributed by atoms with Gasteiger partial charge >= 0.3 is 0 Å². The zero-order valence-electron chi connectivity index (χ0n) is 9.83. The lowest BCUT2D eigenvalue weighted by Crippen LogP contribution is -2.35. The topological polar surface area (TPSA) is 73.2 Å². The molecule has 1 heterocycles. The van der Waals surface area contributed by atoms with Gasteiger partial charge in [-0.1, -0.05) is 0 Å². The van der Waals surface area contributed by atoms with Gasteiger partial charge in [-0.05, 0) is 26.3 Å². The SMILES string of the molecule is CCONC(=O)c1c(C)c(C)nn(C)c1=O. The standard InChI is InChI=1S/C10H15N3O3/c1-5-16-12-9(14)8-6(2)7(3)11-13(4)10(8)15/h5H2,1-4H3,(H,12,14). The number of hydrogen-bond acceptors (Lipinski definition) is 4. The summed E-state index contributed by atoms with van der Waals surface area (Å²) in [5, 5.41) is 3.98. The molecule has 0 spiro atoms. The van der Waals surface area contributed by atoms with Crippen LogP contribution in [0.2, 0.25) is 0 Å². The monoisotopic (exact) mass is 225 g/mol. The van der Waals surface area contributed by atoms with E-state index in [4.69, 9.17) is 4.84 Å². The highest BCUT2D eigenvalue weighted by Crippen LogP contribution is 2.05. The summed E-state index contributed by atoms with van der Waals surface area (Å²) in [5.41, 5.74) is 3.06. The van der Waals surface area contributed by atoms with Crippen molar-refractivity contribution < 1.29 is 9.63 Å². The summed E-state index contributed by atoms with van der Waals surface area (Å²) >= 11 is 0. The molecule has 1 N–H and O–H groups in total. The van der Waals surface area contributed by atoms with Crippen LogP contribution in [-0.2, 0) is 11.9 Å². The van der Waals surface area contributed by atoms with Gasteiger partial charge in [-0.3, -0.25) is 14.4 Å². The largest absolute Gasteiger partial charge is 0.280 e. The first-order chi connectivity index (χ1) is 7.49. The molecule has 1 amide bonds. The molecule has 0 unspecified atom stereocenters. The Balaban J connectivity index is 3.22. The van der Waals surface area contributed by atoms with Crippen LogP contribution in [0.15, 0.2) is 4.79 Å². The number of hydrogen-bond donors (Lipinski definition) is 1. The summed E-state index contributed by atoms with van der Waals surface area (Å²) in [6, 6.07) is 0. The van der Waals surface area contributed by atoms with E-state index in [1.807, 2.05) is 0 Å². The third-order valence-corrected chi connectivity index (χ3v) is 2.26. The Kier molecular flexibility index (Phi) is 3.78. The molecule has 0 atom stereocenters. The maximum absolute atomic E-state index is 11.7. The number of hydroxylamine groups is 1. The summed E-state index contributed by atoms with van der Waals surface area (Å²) in [6.45, 7) is 5.51. The predicted molar refractivity (Wildman–Crippen MR) is 58.0 cm³/mol. The molecule has 6 heteroatoms. The minimum absolute atomic E-state index is 0.0726. The van der Waals surface area contributed by atoms with E-state index in [-0.39, 0.29) is 5.56 Å². The zero-order chi connectivity index (χ0) is 12.3. The first-order valence-corrected chi connectivity index (χ1v) is 4.95. The Hall–Kier alpha value is -1.69. The zero-order valence-corrected chi connectivity index (χ0v) is 9.83. The maximum atomic E-state index is 11.7. The van der Waals surface area contributed by atoms with Gasteiger partial charge < -0.3 is 0 Å². The van der Waals surface area contributed by atoms with Crippen LogP contribution in [0.5, 0.6) is 0 Å². The fraction of sp³-hybridized carbons (Fsp3) is 0.500. The van der Waals surface area contributed by atoms with Crippen molar-refractivity contribution in [2.75, 3.05) is 6.61 Å². The molecule has 0 aliphatic carbocycles. The van der Waals surface area contributed by atoms with E-state index in [0.29, 0.717) is 17.9 Å². The quantitative estimate of drug-likeness (QED) is 0.739. The summed E-state index contributed by atoms with van der Waals surface area (Å²) < 4.78 is 1.14. The van der Waals surface area contributed by atoms with Crippen LogP contribution >= 0.6 is 0 Å². The molecule has 1 aromatic heterocycles. The number of carbonyl (C=O) groups excluding carboxylic acids is 1. The van der Waals surface area contributed by atoms with Crippen molar-refractivity contribution in [3.05, 3.63) is 27.2 Å². The Morgan fingerprint density at radius 2 is 2.12 bits per heavy atom. The molecule has 0 fully saturated rings. The van der Waals surface area contributed by atoms with Gasteiger partial charge in [0.15, 0.2) is 0 Å². The Labute approximate surface area is 93.2 Å². The molecule has 6 nitrogen and oxygen atoms in total. The molecule has 0 aliphatic rings. The molecule has 1 rings (SSSR count). The van der Waals surface area contributed by atoms with Crippen molar-refractivity contribution in [3.8, 4) is 0 Å². The van der Waals surface area contributed by atoms with Gasteiger partial charge in [0.2, 0.25) is 0 Å². The van der Waals surface area contributed by atoms with Crippen molar-refractivity contribution in [1.82, 2.24) is 15.3 Å². The number of rotatable bonds is 3. The van der Waals surface area contributed by atoms with Crippen LogP contribution in [0.4, 0.5) is 0 Å². The number of aryl methyl sites for hydroxylation is 2. The Bertz CT molecular complexity index is 465. The number of aromatic nitrogens is 2. The van der Waals surface area contributed by atoms with E-state index < -0.39 is 11.5 Å². The van der Waals surface area contributed by atoms with E-state index in [0.717, 1.165) is 4.68 Å². The average molecular weight is 225 g/mol. The molecule has 16 heavy (non-hydrogen) atoms. The normalized spacial score (nSPS) is 10.2. The second-order valence-corrected chi connectivity index (χ2v) is 3.38. The first kappa shape index (κ1) is 12.4. The van der Waals surface area contributed by atoms with E-state index in [1.165, 1.54) is 7.05 Å². The fourth-order valence-electron chi connectivity index (χ4n) is 1.30. The van der Waals surface area contributed by atoms with Gasteiger partial charge in [-0.15, -0.1) is 0 Å². The highest BCUT2D eigenvalue weighted by molar-refractivity contribution is 5.94. The number of nitrogens with one attached hydrogen (secondary N) is 1. The second kappa shape index (κ2) is 4.89. The minimum Gasteiger partial charge on any atom is -0.274 e. The van der Waals surface area contributed by atoms with Crippen molar-refractivity contribution in [2.45, 2.75) is 20.8 Å². The molecule has 0 saturated heterocycles. The van der Waals surface area contributed by atoms with Crippen molar-refractivity contribution in [1.29, 1.82) is 0 Å². The third kappa shape index (κ3) is 2.27. The van der Waals surface area contributed by atoms with Crippen LogP contribution in [0.3, 0.4) is 0 Å². The van der Waals surface area contributed by atoms with Gasteiger partial charge in [0.05, 0.1) is 12.3 Å². The third-order valence-electron chi connectivity index (χ3n) is 2.26. The molecule has 88 valence electrons. The summed E-state index contributed by atoms with van der Waals surface area (Å²) in [7, 11) is 1.51. The molecular weight excluding hydrogens is 210 g/mol. The molecular formula is C10H15N3O3. The predicted octanol–water partition coefficient (Wildman–Crippen LogP) is 0.0784. The molecule has 0 aromatic carbocycles. The second-order valence-electron chi connectivity index (χ2n) is 3.38. The lowest BCUT2D eigenvalue weighted by atomic mass is 10.1. The molecule has 0 bridgehead atoms. The van der Waals surface area contributed by atoms with Crippen LogP contribution in [0.1, 0.15) is 28.5 Å². The fourth-order valence-corrected chi connectivity index (χ4v) is 1.30. The first-order valence-electron chi connectivity index (χ1n) is 4.95. The van der Waals surface area contributed by atoms with E-state index in [2.05, 4.69) is 10.6 Å². The van der Waals surface area contributed by atoms with Gasteiger partial charge in [-0.2, -0.15) is 5.10 Å². The summed E-state index contributed by atoms with van der Waals surface area (Å²) in [4.78, 5) is 28.2. The highest BCUT2D eigenvalue weighted by Gasteiger charge is 2.17. The number of amides is 1. The van der Waals surface area contributed by atoms with Crippen LogP contribution in [0, 0.1) is 13.8 Å². The molecule has 0 radical (unpaired) electrons. The van der Waals surface area contributed by atoms with E-state index >= 15 is 0 Å². The van der Waals surface area contributed by atoms with E-state index in [1.54, 1.807) is 20.8 Å². The highest BCUT2D eigenvalue weighted by atomic mass is 16.6. The van der Waals surface area contributed by atoms with E-state index in [9.17, 15) is 9.59 Å². The Morgan fingerprint density at radius 1 is 1.50 bits per heavy atom. The van der Waals surface area contributed by atoms with Crippen molar-refractivity contribution >= 4 is 5.91 Å². The minimum atomic E-state index is -0.537. The van der Waals surface area contributed by atoms with Crippen LogP contribution in [0.25, 0.3) is 0 Å². The van der Waals surface area contributed by atoms with Crippen molar-refractivity contribution in [2.24, 2.45) is 7.05 Å². The molecule has 0 aliphatic heterocycles. The van der Waals surface area contributed by atoms with Crippen LogP contribution in [-0.4, -0.2) is 22.3 Å². The maximum Gasteiger partial charge on any atom is 0.280 e.